The molecule has 0 radical (unpaired) electrons. The molecule has 0 aliphatic rings. The van der Waals surface area contributed by atoms with Crippen LogP contribution in [-0.4, -0.2) is 18.1 Å². The van der Waals surface area contributed by atoms with Gasteiger partial charge in [0.05, 0.1) is 23.4 Å². The van der Waals surface area contributed by atoms with Crippen LogP contribution >= 0.6 is 11.6 Å². The molecule has 1 aromatic heterocycles. The lowest BCUT2D eigenvalue weighted by Gasteiger charge is -2.10. The van der Waals surface area contributed by atoms with E-state index in [9.17, 15) is 13.6 Å². The number of benzene rings is 2. The van der Waals surface area contributed by atoms with Crippen LogP contribution in [0.2, 0.25) is 5.02 Å². The number of halogens is 3. The van der Waals surface area contributed by atoms with E-state index in [1.807, 2.05) is 0 Å². The van der Waals surface area contributed by atoms with E-state index in [0.717, 1.165) is 12.1 Å². The van der Waals surface area contributed by atoms with Crippen LogP contribution < -0.4 is 0 Å². The van der Waals surface area contributed by atoms with Crippen LogP contribution in [0.1, 0.15) is 10.4 Å². The van der Waals surface area contributed by atoms with E-state index in [1.54, 1.807) is 12.1 Å². The first-order chi connectivity index (χ1) is 11.0. The number of rotatable bonds is 2. The molecule has 0 aliphatic carbocycles. The van der Waals surface area contributed by atoms with Crippen molar-refractivity contribution in [2.24, 2.45) is 0 Å². The van der Waals surface area contributed by atoms with Gasteiger partial charge in [-0.05, 0) is 24.3 Å². The average Bonchev–Trinajstić information content (AvgIpc) is 2.55. The van der Waals surface area contributed by atoms with Gasteiger partial charge in [-0.25, -0.2) is 13.6 Å². The highest BCUT2D eigenvalue weighted by Gasteiger charge is 2.15. The molecule has 3 aromatic rings. The van der Waals surface area contributed by atoms with E-state index in [1.165, 1.54) is 25.4 Å². The van der Waals surface area contributed by atoms with E-state index in [-0.39, 0.29) is 16.8 Å². The number of carbonyl (C=O) groups excluding carboxylic acids is 1. The Labute approximate surface area is 135 Å². The Morgan fingerprint density at radius 2 is 1.91 bits per heavy atom. The topological polar surface area (TPSA) is 39.2 Å². The van der Waals surface area contributed by atoms with Crippen LogP contribution in [0.5, 0.6) is 0 Å². The molecule has 0 N–H and O–H groups in total. The van der Waals surface area contributed by atoms with Crippen molar-refractivity contribution in [1.82, 2.24) is 4.98 Å². The van der Waals surface area contributed by atoms with Crippen molar-refractivity contribution in [1.29, 1.82) is 0 Å². The molecule has 0 spiro atoms. The third kappa shape index (κ3) is 2.75. The highest BCUT2D eigenvalue weighted by molar-refractivity contribution is 6.35. The van der Waals surface area contributed by atoms with Gasteiger partial charge in [-0.15, -0.1) is 0 Å². The van der Waals surface area contributed by atoms with Crippen LogP contribution in [0, 0.1) is 11.6 Å². The molecule has 116 valence electrons. The lowest BCUT2D eigenvalue weighted by atomic mass is 10.0. The van der Waals surface area contributed by atoms with Crippen molar-refractivity contribution in [3.63, 3.8) is 0 Å². The standard InChI is InChI=1S/C17H10ClF2NO2/c1-23-17(22)9-2-4-11-13(6-9)16(21-8-14(11)18)12-5-3-10(19)7-15(12)20/h2-8H,1H3. The number of fused-ring (bicyclic) bond motifs is 1. The van der Waals surface area contributed by atoms with Gasteiger partial charge in [-0.3, -0.25) is 4.98 Å². The molecule has 23 heavy (non-hydrogen) atoms. The number of carbonyl (C=O) groups is 1. The first-order valence-corrected chi connectivity index (χ1v) is 7.01. The summed E-state index contributed by atoms with van der Waals surface area (Å²) in [6, 6.07) is 7.94. The molecule has 0 saturated heterocycles. The fraction of sp³-hybridized carbons (Fsp3) is 0.0588. The molecule has 0 saturated carbocycles. The summed E-state index contributed by atoms with van der Waals surface area (Å²) in [6.45, 7) is 0. The Morgan fingerprint density at radius 1 is 1.13 bits per heavy atom. The summed E-state index contributed by atoms with van der Waals surface area (Å²) in [6.07, 6.45) is 1.39. The molecular weight excluding hydrogens is 324 g/mol. The van der Waals surface area contributed by atoms with Crippen LogP contribution in [0.25, 0.3) is 22.0 Å². The number of hydrogen-bond donors (Lipinski definition) is 0. The third-order valence-corrected chi connectivity index (χ3v) is 3.75. The Hall–Kier alpha value is -2.53. The first kappa shape index (κ1) is 15.4. The second-order valence-electron chi connectivity index (χ2n) is 4.83. The lowest BCUT2D eigenvalue weighted by molar-refractivity contribution is 0.0601. The van der Waals surface area contributed by atoms with Crippen molar-refractivity contribution in [2.75, 3.05) is 7.11 Å². The molecular formula is C17H10ClF2NO2. The fourth-order valence-electron chi connectivity index (χ4n) is 2.35. The molecule has 0 aliphatic heterocycles. The van der Waals surface area contributed by atoms with Gasteiger partial charge in [0.15, 0.2) is 0 Å². The van der Waals surface area contributed by atoms with E-state index < -0.39 is 17.6 Å². The highest BCUT2D eigenvalue weighted by atomic mass is 35.5. The predicted molar refractivity (Wildman–Crippen MR) is 83.4 cm³/mol. The quantitative estimate of drug-likeness (QED) is 0.642. The highest BCUT2D eigenvalue weighted by Crippen LogP contribution is 2.33. The number of nitrogens with zero attached hydrogens (tertiary/aromatic N) is 1. The fourth-order valence-corrected chi connectivity index (χ4v) is 2.56. The summed E-state index contributed by atoms with van der Waals surface area (Å²) in [7, 11) is 1.27. The summed E-state index contributed by atoms with van der Waals surface area (Å²) >= 11 is 6.11. The third-order valence-electron chi connectivity index (χ3n) is 3.45. The molecule has 0 atom stereocenters. The normalized spacial score (nSPS) is 10.8. The summed E-state index contributed by atoms with van der Waals surface area (Å²) in [4.78, 5) is 15.8. The molecule has 1 heterocycles. The number of methoxy groups -OCH3 is 1. The van der Waals surface area contributed by atoms with Crippen molar-refractivity contribution < 1.29 is 18.3 Å². The second-order valence-corrected chi connectivity index (χ2v) is 5.24. The van der Waals surface area contributed by atoms with Gasteiger partial charge in [0.1, 0.15) is 11.6 Å². The number of pyridine rings is 1. The maximum absolute atomic E-state index is 14.1. The lowest BCUT2D eigenvalue weighted by Crippen LogP contribution is -2.01. The molecule has 0 bridgehead atoms. The zero-order valence-corrected chi connectivity index (χ0v) is 12.7. The zero-order chi connectivity index (χ0) is 16.6. The maximum Gasteiger partial charge on any atom is 0.337 e. The monoisotopic (exact) mass is 333 g/mol. The minimum Gasteiger partial charge on any atom is -0.465 e. The van der Waals surface area contributed by atoms with Gasteiger partial charge < -0.3 is 4.74 Å². The van der Waals surface area contributed by atoms with Crippen molar-refractivity contribution in [2.45, 2.75) is 0 Å². The van der Waals surface area contributed by atoms with Gasteiger partial charge in [0, 0.05) is 28.6 Å². The summed E-state index contributed by atoms with van der Waals surface area (Å²) < 4.78 is 31.9. The maximum atomic E-state index is 14.1. The van der Waals surface area contributed by atoms with Gasteiger partial charge in [0.2, 0.25) is 0 Å². The minimum atomic E-state index is -0.746. The van der Waals surface area contributed by atoms with Gasteiger partial charge >= 0.3 is 5.97 Å². The number of esters is 1. The molecule has 0 amide bonds. The Morgan fingerprint density at radius 3 is 2.61 bits per heavy atom. The van der Waals surface area contributed by atoms with Gasteiger partial charge in [-0.2, -0.15) is 0 Å². The van der Waals surface area contributed by atoms with E-state index >= 15 is 0 Å². The second kappa shape index (κ2) is 5.93. The molecule has 0 fully saturated rings. The Balaban J connectivity index is 2.31. The molecule has 0 unspecified atom stereocenters. The van der Waals surface area contributed by atoms with Crippen LogP contribution in [0.3, 0.4) is 0 Å². The van der Waals surface area contributed by atoms with Crippen molar-refractivity contribution >= 4 is 28.3 Å². The first-order valence-electron chi connectivity index (χ1n) is 6.63. The number of ether oxygens (including phenoxy) is 1. The predicted octanol–water partition coefficient (Wildman–Crippen LogP) is 4.62. The minimum absolute atomic E-state index is 0.120. The van der Waals surface area contributed by atoms with Crippen LogP contribution in [0.4, 0.5) is 8.78 Å². The van der Waals surface area contributed by atoms with E-state index in [0.29, 0.717) is 15.8 Å². The molecule has 3 rings (SSSR count). The van der Waals surface area contributed by atoms with Crippen molar-refractivity contribution in [3.8, 4) is 11.3 Å². The average molecular weight is 334 g/mol. The number of aromatic nitrogens is 1. The molecule has 3 nitrogen and oxygen atoms in total. The largest absolute Gasteiger partial charge is 0.465 e. The summed E-state index contributed by atoms with van der Waals surface area (Å²) in [5.41, 5.74) is 0.676. The van der Waals surface area contributed by atoms with Gasteiger partial charge in [0.25, 0.3) is 0 Å². The van der Waals surface area contributed by atoms with Crippen LogP contribution in [-0.2, 0) is 4.74 Å². The van der Waals surface area contributed by atoms with E-state index in [2.05, 4.69) is 9.72 Å². The van der Waals surface area contributed by atoms with E-state index in [4.69, 9.17) is 11.6 Å². The summed E-state index contributed by atoms with van der Waals surface area (Å²) in [5, 5.41) is 1.45. The Bertz CT molecular complexity index is 928. The summed E-state index contributed by atoms with van der Waals surface area (Å²) in [5.74, 6) is -1.96. The Kier molecular flexibility index (Phi) is 3.96. The number of hydrogen-bond acceptors (Lipinski definition) is 3. The van der Waals surface area contributed by atoms with Gasteiger partial charge in [-0.1, -0.05) is 17.7 Å². The zero-order valence-electron chi connectivity index (χ0n) is 11.9. The molecule has 6 heteroatoms. The molecule has 2 aromatic carbocycles. The van der Waals surface area contributed by atoms with Crippen LogP contribution in [0.15, 0.2) is 42.6 Å². The SMILES string of the molecule is COC(=O)c1ccc2c(Cl)cnc(-c3ccc(F)cc3F)c2c1. The van der Waals surface area contributed by atoms with Crippen molar-refractivity contribution in [3.05, 3.63) is 64.8 Å². The smallest absolute Gasteiger partial charge is 0.337 e.